The first-order valence-corrected chi connectivity index (χ1v) is 7.87. The van der Waals surface area contributed by atoms with Crippen LogP contribution in [-0.2, 0) is 11.3 Å². The van der Waals surface area contributed by atoms with Gasteiger partial charge >= 0.3 is 5.97 Å². The summed E-state index contributed by atoms with van der Waals surface area (Å²) in [5, 5.41) is 9.12. The minimum absolute atomic E-state index is 0.330. The lowest BCUT2D eigenvalue weighted by atomic mass is 9.94. The summed E-state index contributed by atoms with van der Waals surface area (Å²) < 4.78 is 5.41. The molecule has 4 heteroatoms. The summed E-state index contributed by atoms with van der Waals surface area (Å²) in [6.45, 7) is 6.33. The molecule has 1 fully saturated rings. The van der Waals surface area contributed by atoms with Crippen LogP contribution in [0.5, 0.6) is 0 Å². The van der Waals surface area contributed by atoms with E-state index in [0.717, 1.165) is 44.0 Å². The van der Waals surface area contributed by atoms with Crippen molar-refractivity contribution in [3.8, 4) is 11.1 Å². The minimum Gasteiger partial charge on any atom is -0.478 e. The van der Waals surface area contributed by atoms with Crippen molar-refractivity contribution >= 4 is 5.97 Å². The van der Waals surface area contributed by atoms with Crippen LogP contribution in [0.15, 0.2) is 42.5 Å². The molecule has 0 aromatic heterocycles. The first-order valence-electron chi connectivity index (χ1n) is 7.87. The number of hydrogen-bond donors (Lipinski definition) is 1. The molecule has 0 bridgehead atoms. The number of ether oxygens (including phenoxy) is 1. The Balaban J connectivity index is 1.92. The molecule has 1 saturated heterocycles. The van der Waals surface area contributed by atoms with Gasteiger partial charge in [0.1, 0.15) is 0 Å². The second-order valence-electron chi connectivity index (χ2n) is 5.88. The minimum atomic E-state index is -0.888. The van der Waals surface area contributed by atoms with Crippen LogP contribution in [0.3, 0.4) is 0 Å². The normalized spacial score (nSPS) is 15.5. The highest BCUT2D eigenvalue weighted by molar-refractivity contribution is 5.89. The topological polar surface area (TPSA) is 49.8 Å². The van der Waals surface area contributed by atoms with Gasteiger partial charge in [0, 0.05) is 19.6 Å². The monoisotopic (exact) mass is 311 g/mol. The molecule has 23 heavy (non-hydrogen) atoms. The van der Waals surface area contributed by atoms with Crippen molar-refractivity contribution in [2.24, 2.45) is 0 Å². The van der Waals surface area contributed by atoms with Crippen LogP contribution in [0.2, 0.25) is 0 Å². The quantitative estimate of drug-likeness (QED) is 0.942. The summed E-state index contributed by atoms with van der Waals surface area (Å²) in [6, 6.07) is 13.7. The van der Waals surface area contributed by atoms with E-state index in [1.807, 2.05) is 19.1 Å². The Kier molecular flexibility index (Phi) is 4.74. The van der Waals surface area contributed by atoms with Crippen molar-refractivity contribution in [3.63, 3.8) is 0 Å². The lowest BCUT2D eigenvalue weighted by Gasteiger charge is -2.27. The Morgan fingerprint density at radius 3 is 2.57 bits per heavy atom. The lowest BCUT2D eigenvalue weighted by molar-refractivity contribution is 0.0342. The van der Waals surface area contributed by atoms with E-state index in [9.17, 15) is 4.79 Å². The molecule has 0 radical (unpaired) electrons. The van der Waals surface area contributed by atoms with Gasteiger partial charge in [0.05, 0.1) is 18.8 Å². The highest BCUT2D eigenvalue weighted by Gasteiger charge is 2.15. The standard InChI is InChI=1S/C19H21NO3/c1-14-12-15(19(21)22)6-7-17(14)18-5-3-2-4-16(18)13-20-8-10-23-11-9-20/h2-7,12H,8-11,13H2,1H3,(H,21,22). The third-order valence-electron chi connectivity index (χ3n) is 4.28. The molecular weight excluding hydrogens is 290 g/mol. The van der Waals surface area contributed by atoms with E-state index >= 15 is 0 Å². The number of carboxylic acid groups (broad SMARTS) is 1. The number of carboxylic acids is 1. The molecule has 2 aromatic rings. The van der Waals surface area contributed by atoms with Crippen LogP contribution < -0.4 is 0 Å². The van der Waals surface area contributed by atoms with Gasteiger partial charge in [-0.1, -0.05) is 30.3 Å². The van der Waals surface area contributed by atoms with Gasteiger partial charge in [-0.05, 0) is 41.3 Å². The summed E-state index contributed by atoms with van der Waals surface area (Å²) in [5.41, 5.74) is 4.85. The maximum atomic E-state index is 11.1. The first kappa shape index (κ1) is 15.7. The summed E-state index contributed by atoms with van der Waals surface area (Å²) in [5.74, 6) is -0.888. The van der Waals surface area contributed by atoms with E-state index in [0.29, 0.717) is 5.56 Å². The van der Waals surface area contributed by atoms with Gasteiger partial charge in [-0.2, -0.15) is 0 Å². The van der Waals surface area contributed by atoms with E-state index < -0.39 is 5.97 Å². The predicted molar refractivity (Wildman–Crippen MR) is 89.7 cm³/mol. The second kappa shape index (κ2) is 6.94. The largest absolute Gasteiger partial charge is 0.478 e. The van der Waals surface area contributed by atoms with Crippen LogP contribution in [0, 0.1) is 6.92 Å². The zero-order chi connectivity index (χ0) is 16.2. The molecule has 1 heterocycles. The Morgan fingerprint density at radius 2 is 1.87 bits per heavy atom. The Hall–Kier alpha value is -2.17. The molecule has 3 rings (SSSR count). The molecular formula is C19H21NO3. The number of carbonyl (C=O) groups is 1. The maximum absolute atomic E-state index is 11.1. The lowest BCUT2D eigenvalue weighted by Crippen LogP contribution is -2.35. The molecule has 0 aliphatic carbocycles. The molecule has 120 valence electrons. The Morgan fingerprint density at radius 1 is 1.13 bits per heavy atom. The molecule has 0 unspecified atom stereocenters. The molecule has 0 atom stereocenters. The highest BCUT2D eigenvalue weighted by Crippen LogP contribution is 2.28. The zero-order valence-corrected chi connectivity index (χ0v) is 13.3. The number of aryl methyl sites for hydroxylation is 1. The molecule has 0 amide bonds. The van der Waals surface area contributed by atoms with Crippen molar-refractivity contribution in [3.05, 3.63) is 59.2 Å². The van der Waals surface area contributed by atoms with Gasteiger partial charge < -0.3 is 9.84 Å². The smallest absolute Gasteiger partial charge is 0.335 e. The number of rotatable bonds is 4. The van der Waals surface area contributed by atoms with Crippen molar-refractivity contribution in [2.75, 3.05) is 26.3 Å². The van der Waals surface area contributed by atoms with Crippen LogP contribution >= 0.6 is 0 Å². The molecule has 2 aromatic carbocycles. The van der Waals surface area contributed by atoms with Crippen LogP contribution in [0.25, 0.3) is 11.1 Å². The van der Waals surface area contributed by atoms with Crippen LogP contribution in [-0.4, -0.2) is 42.3 Å². The summed E-state index contributed by atoms with van der Waals surface area (Å²) in [6.07, 6.45) is 0. The number of nitrogens with zero attached hydrogens (tertiary/aromatic N) is 1. The van der Waals surface area contributed by atoms with E-state index in [1.165, 1.54) is 11.1 Å². The first-order chi connectivity index (χ1) is 11.1. The fraction of sp³-hybridized carbons (Fsp3) is 0.316. The van der Waals surface area contributed by atoms with E-state index in [4.69, 9.17) is 9.84 Å². The van der Waals surface area contributed by atoms with Gasteiger partial charge in [0.2, 0.25) is 0 Å². The molecule has 1 aliphatic rings. The van der Waals surface area contributed by atoms with E-state index in [2.05, 4.69) is 23.1 Å². The fourth-order valence-electron chi connectivity index (χ4n) is 3.02. The molecule has 4 nitrogen and oxygen atoms in total. The van der Waals surface area contributed by atoms with Crippen molar-refractivity contribution in [2.45, 2.75) is 13.5 Å². The third kappa shape index (κ3) is 3.60. The molecule has 1 N–H and O–H groups in total. The van der Waals surface area contributed by atoms with Gasteiger partial charge in [-0.3, -0.25) is 4.90 Å². The number of benzene rings is 2. The summed E-state index contributed by atoms with van der Waals surface area (Å²) >= 11 is 0. The molecule has 0 spiro atoms. The number of aromatic carboxylic acids is 1. The fourth-order valence-corrected chi connectivity index (χ4v) is 3.02. The van der Waals surface area contributed by atoms with Gasteiger partial charge in [0.25, 0.3) is 0 Å². The second-order valence-corrected chi connectivity index (χ2v) is 5.88. The average molecular weight is 311 g/mol. The third-order valence-corrected chi connectivity index (χ3v) is 4.28. The Labute approximate surface area is 136 Å². The van der Waals surface area contributed by atoms with Crippen molar-refractivity contribution in [1.29, 1.82) is 0 Å². The summed E-state index contributed by atoms with van der Waals surface area (Å²) in [4.78, 5) is 13.5. The summed E-state index contributed by atoms with van der Waals surface area (Å²) in [7, 11) is 0. The van der Waals surface area contributed by atoms with E-state index in [1.54, 1.807) is 12.1 Å². The molecule has 1 aliphatic heterocycles. The zero-order valence-electron chi connectivity index (χ0n) is 13.3. The molecule has 0 saturated carbocycles. The average Bonchev–Trinajstić information content (AvgIpc) is 2.56. The van der Waals surface area contributed by atoms with E-state index in [-0.39, 0.29) is 0 Å². The van der Waals surface area contributed by atoms with Gasteiger partial charge in [-0.25, -0.2) is 4.79 Å². The predicted octanol–water partition coefficient (Wildman–Crippen LogP) is 3.19. The van der Waals surface area contributed by atoms with Crippen molar-refractivity contribution < 1.29 is 14.6 Å². The maximum Gasteiger partial charge on any atom is 0.335 e. The van der Waals surface area contributed by atoms with Gasteiger partial charge in [-0.15, -0.1) is 0 Å². The Bertz CT molecular complexity index is 706. The number of morpholine rings is 1. The van der Waals surface area contributed by atoms with Crippen LogP contribution in [0.4, 0.5) is 0 Å². The van der Waals surface area contributed by atoms with Crippen LogP contribution in [0.1, 0.15) is 21.5 Å². The number of hydrogen-bond acceptors (Lipinski definition) is 3. The van der Waals surface area contributed by atoms with Crippen molar-refractivity contribution in [1.82, 2.24) is 4.90 Å². The van der Waals surface area contributed by atoms with Gasteiger partial charge in [0.15, 0.2) is 0 Å². The highest BCUT2D eigenvalue weighted by atomic mass is 16.5. The SMILES string of the molecule is Cc1cc(C(=O)O)ccc1-c1ccccc1CN1CCOCC1.